The first kappa shape index (κ1) is 9.34. The van der Waals surface area contributed by atoms with Gasteiger partial charge in [0.1, 0.15) is 18.3 Å². The van der Waals surface area contributed by atoms with Crippen LogP contribution in [-0.2, 0) is 4.79 Å². The standard InChI is InChI=1S/C7H10O5/c8-2-3-1-4(9)6(11)7(12)5(3)10/h1,5-8,10-12H,2H2/t5-,6+,7?/m1/s1. The molecule has 1 aliphatic carbocycles. The molecule has 1 rings (SSSR count). The van der Waals surface area contributed by atoms with Gasteiger partial charge in [-0.25, -0.2) is 0 Å². The third kappa shape index (κ3) is 1.39. The van der Waals surface area contributed by atoms with Crippen molar-refractivity contribution in [2.24, 2.45) is 0 Å². The van der Waals surface area contributed by atoms with Gasteiger partial charge in [0.25, 0.3) is 0 Å². The van der Waals surface area contributed by atoms with E-state index in [1.165, 1.54) is 0 Å². The molecule has 0 fully saturated rings. The summed E-state index contributed by atoms with van der Waals surface area (Å²) in [4.78, 5) is 10.8. The number of hydrogen-bond donors (Lipinski definition) is 4. The number of ketones is 1. The second-order valence-electron chi connectivity index (χ2n) is 2.66. The number of rotatable bonds is 1. The van der Waals surface area contributed by atoms with E-state index in [-0.39, 0.29) is 5.57 Å². The Morgan fingerprint density at radius 2 is 1.83 bits per heavy atom. The Morgan fingerprint density at radius 1 is 1.25 bits per heavy atom. The minimum Gasteiger partial charge on any atom is -0.392 e. The fraction of sp³-hybridized carbons (Fsp3) is 0.571. The number of carbonyl (C=O) groups is 1. The fourth-order valence-corrected chi connectivity index (χ4v) is 1.05. The van der Waals surface area contributed by atoms with E-state index in [4.69, 9.17) is 20.4 Å². The summed E-state index contributed by atoms with van der Waals surface area (Å²) in [6.45, 7) is -0.503. The van der Waals surface area contributed by atoms with Crippen LogP contribution in [0.15, 0.2) is 11.6 Å². The van der Waals surface area contributed by atoms with Crippen LogP contribution in [0, 0.1) is 0 Å². The largest absolute Gasteiger partial charge is 0.392 e. The molecule has 0 radical (unpaired) electrons. The van der Waals surface area contributed by atoms with Crippen LogP contribution in [-0.4, -0.2) is 51.1 Å². The number of carbonyl (C=O) groups excluding carboxylic acids is 1. The molecule has 0 aliphatic heterocycles. The molecule has 0 spiro atoms. The first-order valence-electron chi connectivity index (χ1n) is 3.47. The van der Waals surface area contributed by atoms with Gasteiger partial charge in [-0.05, 0) is 11.6 Å². The van der Waals surface area contributed by atoms with Crippen molar-refractivity contribution in [3.05, 3.63) is 11.6 Å². The molecule has 5 heteroatoms. The van der Waals surface area contributed by atoms with Crippen LogP contribution in [0.3, 0.4) is 0 Å². The summed E-state index contributed by atoms with van der Waals surface area (Å²) < 4.78 is 0. The number of hydrogen-bond acceptors (Lipinski definition) is 5. The van der Waals surface area contributed by atoms with Gasteiger partial charge >= 0.3 is 0 Å². The highest BCUT2D eigenvalue weighted by atomic mass is 16.4. The molecule has 0 bridgehead atoms. The van der Waals surface area contributed by atoms with Gasteiger partial charge in [0.05, 0.1) is 6.61 Å². The Kier molecular flexibility index (Phi) is 2.58. The molecule has 1 aliphatic rings. The summed E-state index contributed by atoms with van der Waals surface area (Å²) in [5.41, 5.74) is 0.0257. The van der Waals surface area contributed by atoms with Gasteiger partial charge in [0.2, 0.25) is 0 Å². The lowest BCUT2D eigenvalue weighted by Gasteiger charge is -2.26. The maximum absolute atomic E-state index is 10.8. The SMILES string of the molecule is O=C1C=C(CO)[C@@H](O)C(O)[C@H]1O. The first-order chi connectivity index (χ1) is 5.57. The molecule has 0 aromatic carbocycles. The van der Waals surface area contributed by atoms with E-state index < -0.39 is 30.7 Å². The van der Waals surface area contributed by atoms with E-state index in [9.17, 15) is 4.79 Å². The molecule has 12 heavy (non-hydrogen) atoms. The topological polar surface area (TPSA) is 98.0 Å². The van der Waals surface area contributed by atoms with E-state index >= 15 is 0 Å². The van der Waals surface area contributed by atoms with Crippen molar-refractivity contribution in [3.63, 3.8) is 0 Å². The Labute approximate surface area is 68.6 Å². The Balaban J connectivity index is 2.91. The van der Waals surface area contributed by atoms with Crippen molar-refractivity contribution in [2.75, 3.05) is 6.61 Å². The monoisotopic (exact) mass is 174 g/mol. The Morgan fingerprint density at radius 3 is 2.33 bits per heavy atom. The van der Waals surface area contributed by atoms with Gasteiger partial charge in [-0.3, -0.25) is 4.79 Å². The molecule has 68 valence electrons. The van der Waals surface area contributed by atoms with Crippen molar-refractivity contribution >= 4 is 5.78 Å². The molecular formula is C7H10O5. The molecule has 1 unspecified atom stereocenters. The van der Waals surface area contributed by atoms with E-state index in [1.807, 2.05) is 0 Å². The van der Waals surface area contributed by atoms with Crippen molar-refractivity contribution in [1.82, 2.24) is 0 Å². The van der Waals surface area contributed by atoms with E-state index in [0.717, 1.165) is 6.08 Å². The van der Waals surface area contributed by atoms with Crippen LogP contribution in [0.25, 0.3) is 0 Å². The van der Waals surface area contributed by atoms with Gasteiger partial charge < -0.3 is 20.4 Å². The Bertz CT molecular complexity index is 222. The van der Waals surface area contributed by atoms with Crippen LogP contribution in [0.5, 0.6) is 0 Å². The zero-order valence-corrected chi connectivity index (χ0v) is 6.21. The van der Waals surface area contributed by atoms with Crippen LogP contribution in [0.2, 0.25) is 0 Å². The van der Waals surface area contributed by atoms with Crippen LogP contribution < -0.4 is 0 Å². The third-order valence-electron chi connectivity index (χ3n) is 1.83. The smallest absolute Gasteiger partial charge is 0.187 e. The maximum atomic E-state index is 10.8. The predicted molar refractivity (Wildman–Crippen MR) is 38.2 cm³/mol. The Hall–Kier alpha value is -0.750. The van der Waals surface area contributed by atoms with Crippen LogP contribution in [0.4, 0.5) is 0 Å². The lowest BCUT2D eigenvalue weighted by molar-refractivity contribution is -0.134. The number of aliphatic hydroxyl groups is 4. The van der Waals surface area contributed by atoms with E-state index in [1.54, 1.807) is 0 Å². The summed E-state index contributed by atoms with van der Waals surface area (Å²) in [6, 6.07) is 0. The van der Waals surface area contributed by atoms with E-state index in [0.29, 0.717) is 0 Å². The molecule has 5 nitrogen and oxygen atoms in total. The minimum atomic E-state index is -1.59. The van der Waals surface area contributed by atoms with Crippen molar-refractivity contribution < 1.29 is 25.2 Å². The molecule has 0 saturated carbocycles. The molecular weight excluding hydrogens is 164 g/mol. The highest BCUT2D eigenvalue weighted by molar-refractivity contribution is 5.95. The van der Waals surface area contributed by atoms with Crippen molar-refractivity contribution in [2.45, 2.75) is 18.3 Å². The van der Waals surface area contributed by atoms with Gasteiger partial charge in [-0.2, -0.15) is 0 Å². The van der Waals surface area contributed by atoms with E-state index in [2.05, 4.69) is 0 Å². The van der Waals surface area contributed by atoms with Crippen molar-refractivity contribution in [1.29, 1.82) is 0 Å². The summed E-state index contributed by atoms with van der Waals surface area (Å²) in [5, 5.41) is 35.7. The van der Waals surface area contributed by atoms with Gasteiger partial charge in [-0.1, -0.05) is 0 Å². The average Bonchev–Trinajstić information content (AvgIpc) is 2.08. The molecule has 3 atom stereocenters. The summed E-state index contributed by atoms with van der Waals surface area (Å²) in [5.74, 6) is -0.697. The normalized spacial score (nSPS) is 36.5. The molecule has 4 N–H and O–H groups in total. The highest BCUT2D eigenvalue weighted by Crippen LogP contribution is 2.16. The van der Waals surface area contributed by atoms with Gasteiger partial charge in [0, 0.05) is 0 Å². The highest BCUT2D eigenvalue weighted by Gasteiger charge is 2.35. The summed E-state index contributed by atoms with van der Waals surface area (Å²) in [7, 11) is 0. The van der Waals surface area contributed by atoms with Crippen molar-refractivity contribution in [3.8, 4) is 0 Å². The second-order valence-corrected chi connectivity index (χ2v) is 2.66. The zero-order chi connectivity index (χ0) is 9.30. The molecule has 0 amide bonds. The zero-order valence-electron chi connectivity index (χ0n) is 6.21. The van der Waals surface area contributed by atoms with Gasteiger partial charge in [-0.15, -0.1) is 0 Å². The molecule has 0 heterocycles. The molecule has 0 aromatic heterocycles. The lowest BCUT2D eigenvalue weighted by atomic mass is 9.91. The minimum absolute atomic E-state index is 0.0257. The summed E-state index contributed by atoms with van der Waals surface area (Å²) in [6.07, 6.45) is -3.54. The van der Waals surface area contributed by atoms with Crippen LogP contribution in [0.1, 0.15) is 0 Å². The number of aliphatic hydroxyl groups excluding tert-OH is 4. The van der Waals surface area contributed by atoms with Gasteiger partial charge in [0.15, 0.2) is 5.78 Å². The second kappa shape index (κ2) is 3.32. The quantitative estimate of drug-likeness (QED) is 0.354. The molecule has 0 saturated heterocycles. The summed E-state index contributed by atoms with van der Waals surface area (Å²) >= 11 is 0. The van der Waals surface area contributed by atoms with Crippen LogP contribution >= 0.6 is 0 Å². The average molecular weight is 174 g/mol. The third-order valence-corrected chi connectivity index (χ3v) is 1.83. The predicted octanol–water partition coefficient (Wildman–Crippen LogP) is -2.43. The fourth-order valence-electron chi connectivity index (χ4n) is 1.05. The lowest BCUT2D eigenvalue weighted by Crippen LogP contribution is -2.46. The first-order valence-corrected chi connectivity index (χ1v) is 3.47. The molecule has 0 aromatic rings. The maximum Gasteiger partial charge on any atom is 0.187 e.